The standard InChI is InChI=1S/C13H23N5S/c1-13(2,9-14)18-6-4-17(5-7-18)11-8-12(19-3)16-10-15-11/h8,10H,4-7,9,14H2,1-3H3. The van der Waals surface area contributed by atoms with Gasteiger partial charge in [-0.05, 0) is 20.1 Å². The number of hydrogen-bond donors (Lipinski definition) is 1. The zero-order chi connectivity index (χ0) is 13.9. The first-order valence-corrected chi connectivity index (χ1v) is 7.85. The van der Waals surface area contributed by atoms with Crippen LogP contribution in [0.3, 0.4) is 0 Å². The number of aromatic nitrogens is 2. The second kappa shape index (κ2) is 6.07. The zero-order valence-electron chi connectivity index (χ0n) is 12.0. The van der Waals surface area contributed by atoms with Crippen LogP contribution in [0.15, 0.2) is 17.4 Å². The second-order valence-corrected chi connectivity index (χ2v) is 6.24. The van der Waals surface area contributed by atoms with Crippen LogP contribution in [0.4, 0.5) is 5.82 Å². The molecule has 0 bridgehead atoms. The predicted molar refractivity (Wildman–Crippen MR) is 80.7 cm³/mol. The van der Waals surface area contributed by atoms with Gasteiger partial charge in [-0.1, -0.05) is 0 Å². The number of hydrogen-bond acceptors (Lipinski definition) is 6. The third-order valence-corrected chi connectivity index (χ3v) is 4.44. The molecule has 0 saturated carbocycles. The molecule has 0 spiro atoms. The number of thioether (sulfide) groups is 1. The van der Waals surface area contributed by atoms with Crippen molar-refractivity contribution in [2.24, 2.45) is 5.73 Å². The van der Waals surface area contributed by atoms with E-state index < -0.39 is 0 Å². The molecule has 2 N–H and O–H groups in total. The van der Waals surface area contributed by atoms with Crippen LogP contribution in [0.1, 0.15) is 13.8 Å². The molecule has 0 atom stereocenters. The molecule has 6 heteroatoms. The van der Waals surface area contributed by atoms with Crippen molar-refractivity contribution in [1.29, 1.82) is 0 Å². The summed E-state index contributed by atoms with van der Waals surface area (Å²) in [6.45, 7) is 9.16. The minimum absolute atomic E-state index is 0.0855. The Kier molecular flexibility index (Phi) is 4.65. The molecular formula is C13H23N5S. The van der Waals surface area contributed by atoms with Gasteiger partial charge in [-0.25, -0.2) is 9.97 Å². The van der Waals surface area contributed by atoms with Crippen molar-refractivity contribution in [3.8, 4) is 0 Å². The first kappa shape index (κ1) is 14.6. The molecular weight excluding hydrogens is 258 g/mol. The van der Waals surface area contributed by atoms with Crippen LogP contribution < -0.4 is 10.6 Å². The first-order chi connectivity index (χ1) is 9.06. The van der Waals surface area contributed by atoms with Crippen LogP contribution >= 0.6 is 11.8 Å². The van der Waals surface area contributed by atoms with Crippen molar-refractivity contribution in [3.63, 3.8) is 0 Å². The van der Waals surface area contributed by atoms with E-state index in [0.717, 1.165) is 37.0 Å². The molecule has 106 valence electrons. The molecule has 1 aromatic heterocycles. The minimum atomic E-state index is 0.0855. The molecule has 19 heavy (non-hydrogen) atoms. The third-order valence-electron chi connectivity index (χ3n) is 3.80. The normalized spacial score (nSPS) is 17.8. The Labute approximate surface area is 119 Å². The Morgan fingerprint density at radius 2 is 1.95 bits per heavy atom. The average molecular weight is 281 g/mol. The van der Waals surface area contributed by atoms with Crippen molar-refractivity contribution in [3.05, 3.63) is 12.4 Å². The number of piperazine rings is 1. The van der Waals surface area contributed by atoms with Crippen LogP contribution in [0.2, 0.25) is 0 Å². The maximum absolute atomic E-state index is 5.84. The maximum atomic E-state index is 5.84. The van der Waals surface area contributed by atoms with Gasteiger partial charge in [0.2, 0.25) is 0 Å². The van der Waals surface area contributed by atoms with Gasteiger partial charge in [0.05, 0.1) is 0 Å². The summed E-state index contributed by atoms with van der Waals surface area (Å²) < 4.78 is 0. The SMILES string of the molecule is CSc1cc(N2CCN(C(C)(C)CN)CC2)ncn1. The monoisotopic (exact) mass is 281 g/mol. The van der Waals surface area contributed by atoms with E-state index >= 15 is 0 Å². The van der Waals surface area contributed by atoms with Gasteiger partial charge in [-0.3, -0.25) is 4.90 Å². The summed E-state index contributed by atoms with van der Waals surface area (Å²) in [7, 11) is 0. The Balaban J connectivity index is 1.99. The highest BCUT2D eigenvalue weighted by atomic mass is 32.2. The van der Waals surface area contributed by atoms with E-state index in [1.165, 1.54) is 0 Å². The number of rotatable bonds is 4. The average Bonchev–Trinajstić information content (AvgIpc) is 2.47. The van der Waals surface area contributed by atoms with Crippen LogP contribution in [-0.4, -0.2) is 59.4 Å². The van der Waals surface area contributed by atoms with E-state index in [1.54, 1.807) is 18.1 Å². The summed E-state index contributed by atoms with van der Waals surface area (Å²) in [4.78, 5) is 13.4. The van der Waals surface area contributed by atoms with Gasteiger partial charge in [-0.2, -0.15) is 0 Å². The molecule has 1 saturated heterocycles. The number of nitrogens with two attached hydrogens (primary N) is 1. The van der Waals surface area contributed by atoms with Crippen molar-refractivity contribution in [2.45, 2.75) is 24.4 Å². The van der Waals surface area contributed by atoms with Crippen molar-refractivity contribution >= 4 is 17.6 Å². The topological polar surface area (TPSA) is 58.3 Å². The fourth-order valence-electron chi connectivity index (χ4n) is 2.28. The highest BCUT2D eigenvalue weighted by molar-refractivity contribution is 7.98. The summed E-state index contributed by atoms with van der Waals surface area (Å²) in [6.07, 6.45) is 3.69. The van der Waals surface area contributed by atoms with Crippen LogP contribution in [0.5, 0.6) is 0 Å². The van der Waals surface area contributed by atoms with Crippen LogP contribution in [-0.2, 0) is 0 Å². The largest absolute Gasteiger partial charge is 0.354 e. The lowest BCUT2D eigenvalue weighted by atomic mass is 10.0. The molecule has 0 aliphatic carbocycles. The van der Waals surface area contributed by atoms with Gasteiger partial charge in [0.1, 0.15) is 17.2 Å². The van der Waals surface area contributed by atoms with E-state index in [2.05, 4.69) is 39.7 Å². The van der Waals surface area contributed by atoms with E-state index in [4.69, 9.17) is 5.73 Å². The molecule has 1 aliphatic rings. The molecule has 0 radical (unpaired) electrons. The van der Waals surface area contributed by atoms with Crippen LogP contribution in [0.25, 0.3) is 0 Å². The summed E-state index contributed by atoms with van der Waals surface area (Å²) in [6, 6.07) is 2.06. The molecule has 1 aliphatic heterocycles. The quantitative estimate of drug-likeness (QED) is 0.658. The lowest BCUT2D eigenvalue weighted by Crippen LogP contribution is -2.57. The Morgan fingerprint density at radius 1 is 1.26 bits per heavy atom. The Morgan fingerprint density at radius 3 is 2.53 bits per heavy atom. The van der Waals surface area contributed by atoms with Gasteiger partial charge in [0.25, 0.3) is 0 Å². The van der Waals surface area contributed by atoms with Gasteiger partial charge in [0.15, 0.2) is 0 Å². The molecule has 2 heterocycles. The van der Waals surface area contributed by atoms with E-state index in [0.29, 0.717) is 6.54 Å². The van der Waals surface area contributed by atoms with E-state index in [-0.39, 0.29) is 5.54 Å². The lowest BCUT2D eigenvalue weighted by molar-refractivity contribution is 0.119. The smallest absolute Gasteiger partial charge is 0.133 e. The van der Waals surface area contributed by atoms with Gasteiger partial charge in [-0.15, -0.1) is 11.8 Å². The van der Waals surface area contributed by atoms with Crippen molar-refractivity contribution < 1.29 is 0 Å². The Hall–Kier alpha value is -0.850. The first-order valence-electron chi connectivity index (χ1n) is 6.63. The van der Waals surface area contributed by atoms with Crippen molar-refractivity contribution in [1.82, 2.24) is 14.9 Å². The lowest BCUT2D eigenvalue weighted by Gasteiger charge is -2.43. The molecule has 2 rings (SSSR count). The van der Waals surface area contributed by atoms with Crippen molar-refractivity contribution in [2.75, 3.05) is 43.9 Å². The highest BCUT2D eigenvalue weighted by Gasteiger charge is 2.28. The molecule has 1 fully saturated rings. The fraction of sp³-hybridized carbons (Fsp3) is 0.692. The van der Waals surface area contributed by atoms with Gasteiger partial charge in [0, 0.05) is 44.3 Å². The summed E-state index contributed by atoms with van der Waals surface area (Å²) >= 11 is 1.65. The molecule has 1 aromatic rings. The zero-order valence-corrected chi connectivity index (χ0v) is 12.8. The summed E-state index contributed by atoms with van der Waals surface area (Å²) in [5.74, 6) is 1.03. The predicted octanol–water partition coefficient (Wildman–Crippen LogP) is 1.06. The van der Waals surface area contributed by atoms with E-state index in [1.807, 2.05) is 6.26 Å². The third kappa shape index (κ3) is 3.38. The molecule has 0 aromatic carbocycles. The summed E-state index contributed by atoms with van der Waals surface area (Å²) in [5.41, 5.74) is 5.93. The van der Waals surface area contributed by atoms with Gasteiger partial charge < -0.3 is 10.6 Å². The summed E-state index contributed by atoms with van der Waals surface area (Å²) in [5, 5.41) is 1.02. The minimum Gasteiger partial charge on any atom is -0.354 e. The molecule has 0 amide bonds. The highest BCUT2D eigenvalue weighted by Crippen LogP contribution is 2.21. The number of anilines is 1. The molecule has 5 nitrogen and oxygen atoms in total. The Bertz CT molecular complexity index is 415. The fourth-order valence-corrected chi connectivity index (χ4v) is 2.66. The van der Waals surface area contributed by atoms with Gasteiger partial charge >= 0.3 is 0 Å². The molecule has 0 unspecified atom stereocenters. The second-order valence-electron chi connectivity index (χ2n) is 5.41. The maximum Gasteiger partial charge on any atom is 0.133 e. The number of nitrogens with zero attached hydrogens (tertiary/aromatic N) is 4. The van der Waals surface area contributed by atoms with Crippen LogP contribution in [0, 0.1) is 0 Å². The van der Waals surface area contributed by atoms with E-state index in [9.17, 15) is 0 Å².